The molecular formula is C26H22F3N. The van der Waals surface area contributed by atoms with Crippen molar-refractivity contribution >= 4 is 0 Å². The SMILES string of the molecule is CCCc1ccc(C2CCc3cc(-c4cc(F)c(C#N)c(F)c4)ccc3C2)c(F)c1. The van der Waals surface area contributed by atoms with Crippen LogP contribution in [0.3, 0.4) is 0 Å². The Morgan fingerprint density at radius 3 is 2.33 bits per heavy atom. The lowest BCUT2D eigenvalue weighted by Crippen LogP contribution is -2.14. The normalized spacial score (nSPS) is 15.5. The van der Waals surface area contributed by atoms with Crippen molar-refractivity contribution in [1.29, 1.82) is 5.26 Å². The summed E-state index contributed by atoms with van der Waals surface area (Å²) in [6.45, 7) is 2.08. The van der Waals surface area contributed by atoms with Crippen molar-refractivity contribution in [2.75, 3.05) is 0 Å². The quantitative estimate of drug-likeness (QED) is 0.465. The van der Waals surface area contributed by atoms with Crippen LogP contribution in [0.5, 0.6) is 0 Å². The van der Waals surface area contributed by atoms with Crippen molar-refractivity contribution in [2.24, 2.45) is 0 Å². The Balaban J connectivity index is 1.59. The van der Waals surface area contributed by atoms with E-state index in [1.807, 2.05) is 30.3 Å². The maximum Gasteiger partial charge on any atom is 0.144 e. The molecule has 152 valence electrons. The van der Waals surface area contributed by atoms with E-state index < -0.39 is 17.2 Å². The summed E-state index contributed by atoms with van der Waals surface area (Å²) < 4.78 is 42.6. The molecule has 0 fully saturated rings. The summed E-state index contributed by atoms with van der Waals surface area (Å²) in [6.07, 6.45) is 4.23. The van der Waals surface area contributed by atoms with Crippen LogP contribution in [0.1, 0.15) is 53.5 Å². The van der Waals surface area contributed by atoms with Crippen LogP contribution < -0.4 is 0 Å². The van der Waals surface area contributed by atoms with Gasteiger partial charge in [0.2, 0.25) is 0 Å². The van der Waals surface area contributed by atoms with Crippen LogP contribution in [0.4, 0.5) is 13.2 Å². The van der Waals surface area contributed by atoms with Crippen LogP contribution in [-0.2, 0) is 19.3 Å². The van der Waals surface area contributed by atoms with E-state index in [0.29, 0.717) is 11.1 Å². The lowest BCUT2D eigenvalue weighted by molar-refractivity contribution is 0.533. The number of rotatable bonds is 4. The van der Waals surface area contributed by atoms with Crippen molar-refractivity contribution in [3.05, 3.63) is 93.8 Å². The van der Waals surface area contributed by atoms with E-state index in [2.05, 4.69) is 6.92 Å². The van der Waals surface area contributed by atoms with Gasteiger partial charge in [0, 0.05) is 0 Å². The Morgan fingerprint density at radius 1 is 0.900 bits per heavy atom. The number of halogens is 3. The minimum absolute atomic E-state index is 0.129. The molecule has 1 aliphatic carbocycles. The molecule has 4 rings (SSSR count). The lowest BCUT2D eigenvalue weighted by Gasteiger charge is -2.26. The van der Waals surface area contributed by atoms with Crippen LogP contribution in [0.2, 0.25) is 0 Å². The smallest absolute Gasteiger partial charge is 0.144 e. The van der Waals surface area contributed by atoms with E-state index in [9.17, 15) is 13.2 Å². The molecule has 0 heterocycles. The number of aryl methyl sites for hydroxylation is 2. The highest BCUT2D eigenvalue weighted by molar-refractivity contribution is 5.66. The van der Waals surface area contributed by atoms with Gasteiger partial charge in [-0.05, 0) is 83.2 Å². The van der Waals surface area contributed by atoms with Gasteiger partial charge in [-0.1, -0.05) is 43.7 Å². The van der Waals surface area contributed by atoms with E-state index in [-0.39, 0.29) is 11.7 Å². The van der Waals surface area contributed by atoms with Gasteiger partial charge in [-0.25, -0.2) is 13.2 Å². The molecule has 3 aromatic rings. The molecule has 0 aliphatic heterocycles. The van der Waals surface area contributed by atoms with E-state index in [4.69, 9.17) is 5.26 Å². The number of hydrogen-bond donors (Lipinski definition) is 0. The van der Waals surface area contributed by atoms with Crippen LogP contribution >= 0.6 is 0 Å². The Kier molecular flexibility index (Phi) is 5.63. The zero-order valence-electron chi connectivity index (χ0n) is 16.8. The molecule has 0 bridgehead atoms. The second-order valence-electron chi connectivity index (χ2n) is 7.96. The van der Waals surface area contributed by atoms with Gasteiger partial charge in [0.15, 0.2) is 0 Å². The molecule has 0 radical (unpaired) electrons. The van der Waals surface area contributed by atoms with Crippen LogP contribution in [0.25, 0.3) is 11.1 Å². The third-order valence-electron chi connectivity index (χ3n) is 5.97. The molecule has 1 atom stereocenters. The third-order valence-corrected chi connectivity index (χ3v) is 5.97. The first-order valence-corrected chi connectivity index (χ1v) is 10.3. The third kappa shape index (κ3) is 3.85. The highest BCUT2D eigenvalue weighted by atomic mass is 19.1. The number of hydrogen-bond acceptors (Lipinski definition) is 1. The summed E-state index contributed by atoms with van der Waals surface area (Å²) in [5, 5.41) is 8.84. The van der Waals surface area contributed by atoms with Gasteiger partial charge >= 0.3 is 0 Å². The van der Waals surface area contributed by atoms with Crippen molar-refractivity contribution in [2.45, 2.75) is 44.9 Å². The Bertz CT molecular complexity index is 1120. The van der Waals surface area contributed by atoms with Crippen LogP contribution in [-0.4, -0.2) is 0 Å². The highest BCUT2D eigenvalue weighted by Crippen LogP contribution is 2.36. The van der Waals surface area contributed by atoms with Crippen molar-refractivity contribution < 1.29 is 13.2 Å². The fourth-order valence-electron chi connectivity index (χ4n) is 4.39. The Labute approximate surface area is 174 Å². The standard InChI is InChI=1S/C26H22F3N/c1-2-3-16-4-9-22(24(27)10-16)20-8-7-17-11-19(6-5-18(17)12-20)21-13-25(28)23(15-30)26(29)14-21/h4-6,9-11,13-14,20H,2-3,7-8,12H2,1H3. The average molecular weight is 405 g/mol. The largest absolute Gasteiger partial charge is 0.207 e. The maximum atomic E-state index is 14.7. The molecule has 4 heteroatoms. The van der Waals surface area contributed by atoms with Gasteiger partial charge in [-0.15, -0.1) is 0 Å². The first kappa shape index (κ1) is 20.2. The summed E-state index contributed by atoms with van der Waals surface area (Å²) in [4.78, 5) is 0. The minimum Gasteiger partial charge on any atom is -0.207 e. The minimum atomic E-state index is -0.854. The highest BCUT2D eigenvalue weighted by Gasteiger charge is 2.23. The predicted octanol–water partition coefficient (Wildman–Crippen LogP) is 6.87. The number of nitrogens with zero attached hydrogens (tertiary/aromatic N) is 1. The monoisotopic (exact) mass is 405 g/mol. The van der Waals surface area contributed by atoms with Crippen molar-refractivity contribution in [3.63, 3.8) is 0 Å². The van der Waals surface area contributed by atoms with E-state index >= 15 is 0 Å². The molecule has 0 saturated heterocycles. The number of fused-ring (bicyclic) bond motifs is 1. The molecule has 0 saturated carbocycles. The fourth-order valence-corrected chi connectivity index (χ4v) is 4.39. The van der Waals surface area contributed by atoms with Gasteiger partial charge in [0.1, 0.15) is 29.1 Å². The van der Waals surface area contributed by atoms with Gasteiger partial charge in [-0.2, -0.15) is 5.26 Å². The maximum absolute atomic E-state index is 14.7. The van der Waals surface area contributed by atoms with Crippen molar-refractivity contribution in [1.82, 2.24) is 0 Å². The van der Waals surface area contributed by atoms with Gasteiger partial charge in [0.05, 0.1) is 0 Å². The zero-order valence-corrected chi connectivity index (χ0v) is 16.8. The molecule has 0 N–H and O–H groups in total. The van der Waals surface area contributed by atoms with Crippen LogP contribution in [0, 0.1) is 28.8 Å². The van der Waals surface area contributed by atoms with Crippen LogP contribution in [0.15, 0.2) is 48.5 Å². The molecule has 30 heavy (non-hydrogen) atoms. The first-order valence-electron chi connectivity index (χ1n) is 10.3. The molecule has 3 aromatic carbocycles. The van der Waals surface area contributed by atoms with E-state index in [1.54, 1.807) is 12.1 Å². The molecule has 0 aromatic heterocycles. The molecule has 1 unspecified atom stereocenters. The Morgan fingerprint density at radius 2 is 1.67 bits per heavy atom. The van der Waals surface area contributed by atoms with Crippen molar-refractivity contribution in [3.8, 4) is 17.2 Å². The summed E-state index contributed by atoms with van der Waals surface area (Å²) >= 11 is 0. The summed E-state index contributed by atoms with van der Waals surface area (Å²) in [5.41, 5.74) is 4.61. The average Bonchev–Trinajstić information content (AvgIpc) is 2.73. The molecule has 0 spiro atoms. The number of benzene rings is 3. The second kappa shape index (κ2) is 8.36. The molecule has 1 nitrogen and oxygen atoms in total. The Hall–Kier alpha value is -3.06. The molecule has 1 aliphatic rings. The van der Waals surface area contributed by atoms with E-state index in [0.717, 1.165) is 54.4 Å². The molecular weight excluding hydrogens is 383 g/mol. The predicted molar refractivity (Wildman–Crippen MR) is 112 cm³/mol. The topological polar surface area (TPSA) is 23.8 Å². The number of nitriles is 1. The summed E-state index contributed by atoms with van der Waals surface area (Å²) in [5.74, 6) is -1.71. The molecule has 0 amide bonds. The van der Waals surface area contributed by atoms with Gasteiger partial charge in [0.25, 0.3) is 0 Å². The first-order chi connectivity index (χ1) is 14.5. The fraction of sp³-hybridized carbons (Fsp3) is 0.269. The van der Waals surface area contributed by atoms with Gasteiger partial charge in [-0.3, -0.25) is 0 Å². The summed E-state index contributed by atoms with van der Waals surface area (Å²) in [6, 6.07) is 15.3. The van der Waals surface area contributed by atoms with E-state index in [1.165, 1.54) is 12.1 Å². The second-order valence-corrected chi connectivity index (χ2v) is 7.96. The summed E-state index contributed by atoms with van der Waals surface area (Å²) in [7, 11) is 0. The van der Waals surface area contributed by atoms with Gasteiger partial charge < -0.3 is 0 Å². The lowest BCUT2D eigenvalue weighted by atomic mass is 9.79. The zero-order chi connectivity index (χ0) is 21.3.